The molecule has 1 aromatic carbocycles. The van der Waals surface area contributed by atoms with Crippen LogP contribution in [0.1, 0.15) is 49.4 Å². The molecule has 4 aromatic rings. The maximum absolute atomic E-state index is 13.8. The molecule has 3 heterocycles. The lowest BCUT2D eigenvalue weighted by Crippen LogP contribution is -2.40. The lowest BCUT2D eigenvalue weighted by Gasteiger charge is -2.11. The van der Waals surface area contributed by atoms with Crippen molar-refractivity contribution in [2.45, 2.75) is 65.0 Å². The van der Waals surface area contributed by atoms with Crippen LogP contribution in [0.4, 0.5) is 8.78 Å². The Morgan fingerprint density at radius 1 is 0.972 bits per heavy atom. The summed E-state index contributed by atoms with van der Waals surface area (Å²) in [6, 6.07) is 7.40. The van der Waals surface area contributed by atoms with Gasteiger partial charge in [0.15, 0.2) is 11.2 Å². The minimum absolute atomic E-state index is 0.0804. The fourth-order valence-corrected chi connectivity index (χ4v) is 4.41. The summed E-state index contributed by atoms with van der Waals surface area (Å²) in [6.45, 7) is 2.80. The fourth-order valence-electron chi connectivity index (χ4n) is 4.24. The van der Waals surface area contributed by atoms with Gasteiger partial charge in [-0.25, -0.2) is 13.6 Å². The van der Waals surface area contributed by atoms with Gasteiger partial charge in [-0.2, -0.15) is 4.98 Å². The zero-order valence-corrected chi connectivity index (χ0v) is 20.8. The number of hydrogen-bond acceptors (Lipinski definition) is 4. The maximum Gasteiger partial charge on any atom is 0.332 e. The number of fused-ring (bicyclic) bond motifs is 1. The lowest BCUT2D eigenvalue weighted by molar-refractivity contribution is 0.526. The molecule has 0 saturated heterocycles. The van der Waals surface area contributed by atoms with E-state index in [1.807, 2.05) is 12.1 Å². The van der Waals surface area contributed by atoms with Crippen LogP contribution >= 0.6 is 11.6 Å². The highest BCUT2D eigenvalue weighted by atomic mass is 35.5. The van der Waals surface area contributed by atoms with Crippen LogP contribution < -0.4 is 11.2 Å². The molecule has 0 aliphatic heterocycles. The topological polar surface area (TPSA) is 85.6 Å². The fraction of sp³-hybridized carbons (Fsp3) is 0.385. The normalized spacial score (nSPS) is 11.4. The number of aryl methyl sites for hydroxylation is 4. The van der Waals surface area contributed by atoms with Gasteiger partial charge in [0.1, 0.15) is 11.6 Å². The summed E-state index contributed by atoms with van der Waals surface area (Å²) >= 11 is 5.99. The second kappa shape index (κ2) is 11.6. The van der Waals surface area contributed by atoms with E-state index in [1.165, 1.54) is 21.3 Å². The Morgan fingerprint density at radius 2 is 1.78 bits per heavy atom. The summed E-state index contributed by atoms with van der Waals surface area (Å²) < 4.78 is 29.6. The van der Waals surface area contributed by atoms with Crippen molar-refractivity contribution in [2.24, 2.45) is 0 Å². The zero-order chi connectivity index (χ0) is 25.7. The van der Waals surface area contributed by atoms with Crippen LogP contribution in [0.2, 0.25) is 5.28 Å². The first-order valence-corrected chi connectivity index (χ1v) is 12.5. The minimum Gasteiger partial charge on any atom is -0.323 e. The summed E-state index contributed by atoms with van der Waals surface area (Å²) in [7, 11) is 0. The highest BCUT2D eigenvalue weighted by Gasteiger charge is 2.16. The number of H-pyrrole nitrogens is 1. The van der Waals surface area contributed by atoms with E-state index in [1.54, 1.807) is 6.20 Å². The minimum atomic E-state index is -0.593. The van der Waals surface area contributed by atoms with Crippen LogP contribution in [0.3, 0.4) is 0 Å². The van der Waals surface area contributed by atoms with Crippen molar-refractivity contribution in [1.82, 2.24) is 24.1 Å². The van der Waals surface area contributed by atoms with Gasteiger partial charge in [-0.05, 0) is 67.0 Å². The maximum atomic E-state index is 13.8. The third-order valence-electron chi connectivity index (χ3n) is 6.22. The molecule has 1 N–H and O–H groups in total. The highest BCUT2D eigenvalue weighted by Crippen LogP contribution is 2.14. The number of aromatic amines is 1. The molecular formula is C26H28ClF2N5O2. The van der Waals surface area contributed by atoms with Crippen molar-refractivity contribution in [2.75, 3.05) is 0 Å². The van der Waals surface area contributed by atoms with Gasteiger partial charge in [0.05, 0.1) is 0 Å². The van der Waals surface area contributed by atoms with E-state index in [4.69, 9.17) is 11.6 Å². The van der Waals surface area contributed by atoms with Crippen molar-refractivity contribution in [3.63, 3.8) is 0 Å². The van der Waals surface area contributed by atoms with Crippen molar-refractivity contribution in [3.05, 3.63) is 91.1 Å². The van der Waals surface area contributed by atoms with Crippen molar-refractivity contribution < 1.29 is 8.78 Å². The summed E-state index contributed by atoms with van der Waals surface area (Å²) in [6.07, 6.45) is 6.68. The van der Waals surface area contributed by atoms with Crippen LogP contribution in [0.5, 0.6) is 0 Å². The highest BCUT2D eigenvalue weighted by molar-refractivity contribution is 6.28. The molecule has 4 rings (SSSR count). The number of unbranched alkanes of at least 4 members (excludes halogenated alkanes) is 2. The molecule has 0 saturated carbocycles. The number of nitrogens with zero attached hydrogens (tertiary/aromatic N) is 4. The second-order valence-corrected chi connectivity index (χ2v) is 9.18. The number of hydrogen-bond donors (Lipinski definition) is 1. The van der Waals surface area contributed by atoms with Gasteiger partial charge < -0.3 is 4.98 Å². The average Bonchev–Trinajstić information content (AvgIpc) is 3.25. The molecule has 3 aromatic heterocycles. The average molecular weight is 516 g/mol. The molecule has 0 fully saturated rings. The molecule has 0 bridgehead atoms. The third-order valence-corrected chi connectivity index (χ3v) is 6.40. The SMILES string of the molecule is CCCCCn1c(=O)n(CCCc2ccc(CCc3ccc(F)cc3F)nc2)c(=O)c2[nH]c(Cl)nc21. The summed E-state index contributed by atoms with van der Waals surface area (Å²) in [4.78, 5) is 37.4. The Kier molecular flexibility index (Phi) is 8.30. The molecule has 10 heteroatoms. The van der Waals surface area contributed by atoms with Crippen molar-refractivity contribution >= 4 is 22.8 Å². The Hall–Kier alpha value is -3.33. The Morgan fingerprint density at radius 3 is 2.50 bits per heavy atom. The van der Waals surface area contributed by atoms with Gasteiger partial charge in [-0.3, -0.25) is 18.9 Å². The molecule has 36 heavy (non-hydrogen) atoms. The zero-order valence-electron chi connectivity index (χ0n) is 20.1. The Balaban J connectivity index is 1.41. The first-order chi connectivity index (χ1) is 17.4. The van der Waals surface area contributed by atoms with Gasteiger partial charge in [0.2, 0.25) is 5.28 Å². The second-order valence-electron chi connectivity index (χ2n) is 8.82. The Bertz CT molecular complexity index is 1460. The van der Waals surface area contributed by atoms with Crippen molar-refractivity contribution in [3.8, 4) is 0 Å². The van der Waals surface area contributed by atoms with E-state index in [0.717, 1.165) is 36.6 Å². The standard InChI is InChI=1S/C26H28ClF2N5O2/c1-2-3-4-13-33-23-22(31-25(27)32-23)24(35)34(26(33)36)14-5-6-17-7-11-20(30-16-17)12-9-18-8-10-19(28)15-21(18)29/h7-8,10-11,15-16H,2-6,9,12-14H2,1H3,(H,31,32). The Labute approximate surface area is 211 Å². The quantitative estimate of drug-likeness (QED) is 0.229. The van der Waals surface area contributed by atoms with E-state index < -0.39 is 17.2 Å². The molecule has 190 valence electrons. The van der Waals surface area contributed by atoms with E-state index >= 15 is 0 Å². The van der Waals surface area contributed by atoms with Crippen LogP contribution in [-0.4, -0.2) is 24.1 Å². The summed E-state index contributed by atoms with van der Waals surface area (Å²) in [5, 5.41) is 0.0804. The molecule has 7 nitrogen and oxygen atoms in total. The molecule has 0 aliphatic carbocycles. The molecule has 0 aliphatic rings. The van der Waals surface area contributed by atoms with E-state index in [2.05, 4.69) is 21.9 Å². The number of pyridine rings is 1. The molecule has 0 radical (unpaired) electrons. The number of aromatic nitrogens is 5. The largest absolute Gasteiger partial charge is 0.332 e. The number of halogens is 3. The number of nitrogens with one attached hydrogen (secondary N) is 1. The van der Waals surface area contributed by atoms with Crippen molar-refractivity contribution in [1.29, 1.82) is 0 Å². The third kappa shape index (κ3) is 5.90. The molecule has 0 amide bonds. The van der Waals surface area contributed by atoms with Gasteiger partial charge in [-0.1, -0.05) is 31.9 Å². The first kappa shape index (κ1) is 25.8. The smallest absolute Gasteiger partial charge is 0.323 e. The summed E-state index contributed by atoms with van der Waals surface area (Å²) in [5.74, 6) is -1.15. The van der Waals surface area contributed by atoms with Gasteiger partial charge in [-0.15, -0.1) is 0 Å². The number of benzene rings is 1. The van der Waals surface area contributed by atoms with E-state index in [0.29, 0.717) is 43.4 Å². The first-order valence-electron chi connectivity index (χ1n) is 12.1. The van der Waals surface area contributed by atoms with E-state index in [-0.39, 0.29) is 23.0 Å². The summed E-state index contributed by atoms with van der Waals surface area (Å²) in [5.41, 5.74) is 1.94. The number of imidazole rings is 1. The van der Waals surface area contributed by atoms with Gasteiger partial charge in [0.25, 0.3) is 5.56 Å². The molecule has 0 atom stereocenters. The molecule has 0 unspecified atom stereocenters. The predicted molar refractivity (Wildman–Crippen MR) is 135 cm³/mol. The van der Waals surface area contributed by atoms with Gasteiger partial charge >= 0.3 is 5.69 Å². The van der Waals surface area contributed by atoms with Crippen LogP contribution in [-0.2, 0) is 32.4 Å². The molecular weight excluding hydrogens is 488 g/mol. The van der Waals surface area contributed by atoms with Gasteiger partial charge in [0, 0.05) is 31.0 Å². The lowest BCUT2D eigenvalue weighted by atomic mass is 10.1. The molecule has 0 spiro atoms. The van der Waals surface area contributed by atoms with E-state index in [9.17, 15) is 18.4 Å². The van der Waals surface area contributed by atoms with Crippen LogP contribution in [0.25, 0.3) is 11.2 Å². The predicted octanol–water partition coefficient (Wildman–Crippen LogP) is 4.82. The van der Waals surface area contributed by atoms with Crippen LogP contribution in [0, 0.1) is 11.6 Å². The monoisotopic (exact) mass is 515 g/mol. The number of rotatable bonds is 11. The van der Waals surface area contributed by atoms with Crippen LogP contribution in [0.15, 0.2) is 46.1 Å².